The van der Waals surface area contributed by atoms with Gasteiger partial charge in [-0.25, -0.2) is 4.79 Å². The first-order valence-corrected chi connectivity index (χ1v) is 6.05. The van der Waals surface area contributed by atoms with Crippen LogP contribution in [-0.2, 0) is 4.74 Å². The summed E-state index contributed by atoms with van der Waals surface area (Å²) in [5.41, 5.74) is 6.55. The van der Waals surface area contributed by atoms with Crippen molar-refractivity contribution in [3.63, 3.8) is 0 Å². The molecule has 0 amide bonds. The fourth-order valence-corrected chi connectivity index (χ4v) is 2.38. The maximum Gasteiger partial charge on any atom is 0.376 e. The molecule has 0 bridgehead atoms. The number of hydrogen-bond donors (Lipinski definition) is 1. The molecule has 0 saturated carbocycles. The van der Waals surface area contributed by atoms with Crippen LogP contribution in [0.15, 0.2) is 21.0 Å². The van der Waals surface area contributed by atoms with Crippen molar-refractivity contribution in [3.8, 4) is 0 Å². The largest absolute Gasteiger partial charge is 0.460 e. The Kier molecular flexibility index (Phi) is 3.31. The lowest BCUT2D eigenvalue weighted by Crippen LogP contribution is -2.05. The molecular weight excluding hydrogens is 309 g/mol. The number of nitrogen functional groups attached to an aromatic ring is 1. The second kappa shape index (κ2) is 4.58. The van der Waals surface area contributed by atoms with Crippen molar-refractivity contribution in [1.82, 2.24) is 0 Å². The van der Waals surface area contributed by atoms with E-state index in [2.05, 4.69) is 15.9 Å². The van der Waals surface area contributed by atoms with E-state index in [-0.39, 0.29) is 18.1 Å². The van der Waals surface area contributed by atoms with Gasteiger partial charge in [0.05, 0.1) is 16.8 Å². The van der Waals surface area contributed by atoms with Crippen LogP contribution in [0.4, 0.5) is 5.69 Å². The molecule has 4 nitrogen and oxygen atoms in total. The Hall–Kier alpha value is -1.20. The molecule has 2 N–H and O–H groups in total. The van der Waals surface area contributed by atoms with E-state index in [0.717, 1.165) is 0 Å². The quantitative estimate of drug-likeness (QED) is 0.859. The highest BCUT2D eigenvalue weighted by molar-refractivity contribution is 9.10. The number of fused-ring (bicyclic) bond motifs is 1. The molecule has 0 saturated heterocycles. The van der Waals surface area contributed by atoms with Gasteiger partial charge in [0.1, 0.15) is 0 Å². The van der Waals surface area contributed by atoms with Gasteiger partial charge in [-0.1, -0.05) is 11.6 Å². The predicted molar refractivity (Wildman–Crippen MR) is 69.3 cm³/mol. The second-order valence-electron chi connectivity index (χ2n) is 3.33. The number of carbonyl (C=O) groups is 1. The SMILES string of the molecule is CCOC(=O)c1oc2c(Br)cc(Cl)cc2c1N. The van der Waals surface area contributed by atoms with Gasteiger partial charge in [0.25, 0.3) is 0 Å². The van der Waals surface area contributed by atoms with Gasteiger partial charge in [0.15, 0.2) is 5.58 Å². The van der Waals surface area contributed by atoms with E-state index in [4.69, 9.17) is 26.5 Å². The van der Waals surface area contributed by atoms with Gasteiger partial charge in [0.2, 0.25) is 5.76 Å². The summed E-state index contributed by atoms with van der Waals surface area (Å²) in [4.78, 5) is 11.6. The van der Waals surface area contributed by atoms with Crippen molar-refractivity contribution >= 4 is 50.2 Å². The maximum atomic E-state index is 11.6. The fourth-order valence-electron chi connectivity index (χ4n) is 1.49. The van der Waals surface area contributed by atoms with Gasteiger partial charge in [-0.3, -0.25) is 0 Å². The highest BCUT2D eigenvalue weighted by Crippen LogP contribution is 2.36. The molecule has 2 rings (SSSR count). The summed E-state index contributed by atoms with van der Waals surface area (Å²) in [5.74, 6) is -0.575. The number of benzene rings is 1. The Morgan fingerprint density at radius 1 is 1.59 bits per heavy atom. The van der Waals surface area contributed by atoms with E-state index in [0.29, 0.717) is 20.5 Å². The van der Waals surface area contributed by atoms with Gasteiger partial charge in [-0.2, -0.15) is 0 Å². The zero-order valence-electron chi connectivity index (χ0n) is 8.92. The highest BCUT2D eigenvalue weighted by Gasteiger charge is 2.21. The fraction of sp³-hybridized carbons (Fsp3) is 0.182. The third-order valence-electron chi connectivity index (χ3n) is 2.21. The van der Waals surface area contributed by atoms with Crippen molar-refractivity contribution < 1.29 is 13.9 Å². The van der Waals surface area contributed by atoms with E-state index in [1.807, 2.05) is 0 Å². The summed E-state index contributed by atoms with van der Waals surface area (Å²) >= 11 is 9.20. The average molecular weight is 319 g/mol. The third kappa shape index (κ3) is 2.12. The Morgan fingerprint density at radius 2 is 2.29 bits per heavy atom. The number of halogens is 2. The summed E-state index contributed by atoms with van der Waals surface area (Å²) in [6.07, 6.45) is 0. The number of hydrogen-bond acceptors (Lipinski definition) is 4. The molecule has 2 aromatic rings. The summed E-state index contributed by atoms with van der Waals surface area (Å²) < 4.78 is 10.9. The number of carbonyl (C=O) groups excluding carboxylic acids is 1. The molecule has 17 heavy (non-hydrogen) atoms. The lowest BCUT2D eigenvalue weighted by Gasteiger charge is -1.97. The molecule has 90 valence electrons. The Labute approximate surface area is 111 Å². The van der Waals surface area contributed by atoms with Gasteiger partial charge in [-0.15, -0.1) is 0 Å². The zero-order chi connectivity index (χ0) is 12.6. The van der Waals surface area contributed by atoms with Crippen LogP contribution < -0.4 is 5.73 Å². The van der Waals surface area contributed by atoms with Crippen molar-refractivity contribution in [2.45, 2.75) is 6.92 Å². The summed E-state index contributed by atoms with van der Waals surface area (Å²) in [5, 5.41) is 1.10. The van der Waals surface area contributed by atoms with E-state index < -0.39 is 5.97 Å². The van der Waals surface area contributed by atoms with Crippen LogP contribution in [0, 0.1) is 0 Å². The molecule has 1 heterocycles. The number of nitrogens with two attached hydrogens (primary N) is 1. The van der Waals surface area contributed by atoms with Crippen LogP contribution in [-0.4, -0.2) is 12.6 Å². The minimum atomic E-state index is -0.579. The lowest BCUT2D eigenvalue weighted by atomic mass is 10.2. The Bertz CT molecular complexity index is 594. The van der Waals surface area contributed by atoms with Gasteiger partial charge in [-0.05, 0) is 35.0 Å². The molecule has 0 spiro atoms. The van der Waals surface area contributed by atoms with E-state index >= 15 is 0 Å². The van der Waals surface area contributed by atoms with Crippen molar-refractivity contribution in [1.29, 1.82) is 0 Å². The van der Waals surface area contributed by atoms with Gasteiger partial charge >= 0.3 is 5.97 Å². The highest BCUT2D eigenvalue weighted by atomic mass is 79.9. The van der Waals surface area contributed by atoms with Gasteiger partial charge in [0, 0.05) is 10.4 Å². The van der Waals surface area contributed by atoms with Crippen LogP contribution >= 0.6 is 27.5 Å². The van der Waals surface area contributed by atoms with Crippen LogP contribution in [0.2, 0.25) is 5.02 Å². The lowest BCUT2D eigenvalue weighted by molar-refractivity contribution is 0.0494. The van der Waals surface area contributed by atoms with Crippen molar-refractivity contribution in [2.24, 2.45) is 0 Å². The molecule has 0 aliphatic carbocycles. The third-order valence-corrected chi connectivity index (χ3v) is 3.02. The molecule has 1 aromatic carbocycles. The number of esters is 1. The van der Waals surface area contributed by atoms with E-state index in [1.165, 1.54) is 0 Å². The smallest absolute Gasteiger partial charge is 0.376 e. The minimum absolute atomic E-state index is 0.00446. The monoisotopic (exact) mass is 317 g/mol. The van der Waals surface area contributed by atoms with Crippen molar-refractivity contribution in [2.75, 3.05) is 12.3 Å². The number of furan rings is 1. The first-order valence-electron chi connectivity index (χ1n) is 4.88. The number of rotatable bonds is 2. The molecule has 0 atom stereocenters. The molecule has 0 aliphatic rings. The molecule has 0 fully saturated rings. The molecule has 0 radical (unpaired) electrons. The van der Waals surface area contributed by atoms with Crippen molar-refractivity contribution in [3.05, 3.63) is 27.4 Å². The molecule has 1 aromatic heterocycles. The molecular formula is C11H9BrClNO3. The zero-order valence-corrected chi connectivity index (χ0v) is 11.3. The predicted octanol–water partition coefficient (Wildman–Crippen LogP) is 3.61. The van der Waals surface area contributed by atoms with Crippen LogP contribution in [0.3, 0.4) is 0 Å². The number of anilines is 1. The van der Waals surface area contributed by atoms with E-state index in [9.17, 15) is 4.79 Å². The van der Waals surface area contributed by atoms with Crippen LogP contribution in [0.1, 0.15) is 17.5 Å². The first kappa shape index (κ1) is 12.3. The standard InChI is InChI=1S/C11H9BrClNO3/c1-2-16-11(15)10-8(14)6-3-5(13)4-7(12)9(6)17-10/h3-4H,2,14H2,1H3. The topological polar surface area (TPSA) is 65.5 Å². The Balaban J connectivity index is 2.64. The summed E-state index contributed by atoms with van der Waals surface area (Å²) in [6.45, 7) is 1.97. The summed E-state index contributed by atoms with van der Waals surface area (Å²) in [7, 11) is 0. The first-order chi connectivity index (χ1) is 8.04. The second-order valence-corrected chi connectivity index (χ2v) is 4.62. The van der Waals surface area contributed by atoms with Gasteiger partial charge < -0.3 is 14.9 Å². The minimum Gasteiger partial charge on any atom is -0.460 e. The Morgan fingerprint density at radius 3 is 2.94 bits per heavy atom. The molecule has 0 unspecified atom stereocenters. The van der Waals surface area contributed by atoms with E-state index in [1.54, 1.807) is 19.1 Å². The number of ether oxygens (including phenoxy) is 1. The van der Waals surface area contributed by atoms with Crippen LogP contribution in [0.5, 0.6) is 0 Å². The average Bonchev–Trinajstić information content (AvgIpc) is 2.57. The van der Waals surface area contributed by atoms with Crippen LogP contribution in [0.25, 0.3) is 11.0 Å². The normalized spacial score (nSPS) is 10.8. The molecule has 0 aliphatic heterocycles. The maximum absolute atomic E-state index is 11.6. The summed E-state index contributed by atoms with van der Waals surface area (Å²) in [6, 6.07) is 3.31. The molecule has 6 heteroatoms.